The first-order valence-electron chi connectivity index (χ1n) is 9.96. The summed E-state index contributed by atoms with van der Waals surface area (Å²) in [6.45, 7) is 3.76. The van der Waals surface area contributed by atoms with Gasteiger partial charge in [0.1, 0.15) is 0 Å². The Morgan fingerprint density at radius 2 is 1.65 bits per heavy atom. The molecule has 1 aromatic carbocycles. The van der Waals surface area contributed by atoms with E-state index < -0.39 is 22.1 Å². The molecule has 0 N–H and O–H groups in total. The summed E-state index contributed by atoms with van der Waals surface area (Å²) in [5.41, 5.74) is 0.551. The summed E-state index contributed by atoms with van der Waals surface area (Å²) in [6.07, 6.45) is -1.77. The molecule has 11 heteroatoms. The van der Waals surface area contributed by atoms with Crippen LogP contribution in [0.5, 0.6) is 0 Å². The largest absolute Gasteiger partial charge is 0.340 e. The Morgan fingerprint density at radius 3 is 2.16 bits per heavy atom. The van der Waals surface area contributed by atoms with E-state index in [0.29, 0.717) is 31.7 Å². The lowest BCUT2D eigenvalue weighted by Gasteiger charge is -2.24. The van der Waals surface area contributed by atoms with E-state index in [1.807, 2.05) is 4.90 Å². The summed E-state index contributed by atoms with van der Waals surface area (Å²) in [7, 11) is -0.633. The molecular formula is C20H24FN5O4S. The van der Waals surface area contributed by atoms with E-state index in [4.69, 9.17) is 0 Å². The number of sulfonamides is 1. The van der Waals surface area contributed by atoms with Gasteiger partial charge in [0.25, 0.3) is 11.8 Å². The summed E-state index contributed by atoms with van der Waals surface area (Å²) in [5.74, 6) is -0.311. The Hall–Kier alpha value is -2.66. The third-order valence-electron chi connectivity index (χ3n) is 6.01. The predicted octanol–water partition coefficient (Wildman–Crippen LogP) is 0.636. The van der Waals surface area contributed by atoms with E-state index in [2.05, 4.69) is 9.98 Å². The molecule has 1 aromatic rings. The molecule has 2 saturated heterocycles. The number of nitrogens with zero attached hydrogens (tertiary/aromatic N) is 5. The van der Waals surface area contributed by atoms with Gasteiger partial charge in [-0.2, -0.15) is 4.99 Å². The van der Waals surface area contributed by atoms with Gasteiger partial charge in [0.05, 0.1) is 10.6 Å². The van der Waals surface area contributed by atoms with Crippen LogP contribution in [0.4, 0.5) is 4.39 Å². The highest BCUT2D eigenvalue weighted by molar-refractivity contribution is 7.89. The summed E-state index contributed by atoms with van der Waals surface area (Å²) >= 11 is 0. The number of carbonyl (C=O) groups excluding carboxylic acids is 2. The van der Waals surface area contributed by atoms with Crippen LogP contribution in [0, 0.1) is 11.8 Å². The molecule has 9 nitrogen and oxygen atoms in total. The van der Waals surface area contributed by atoms with Gasteiger partial charge in [-0.1, -0.05) is 0 Å². The van der Waals surface area contributed by atoms with Crippen LogP contribution in [0.2, 0.25) is 0 Å². The van der Waals surface area contributed by atoms with Gasteiger partial charge in [-0.25, -0.2) is 22.1 Å². The number of carbonyl (C=O) groups is 2. The summed E-state index contributed by atoms with van der Waals surface area (Å²) in [4.78, 5) is 36.3. The number of amides is 2. The maximum Gasteiger partial charge on any atom is 0.289 e. The molecule has 0 aliphatic carbocycles. The highest BCUT2D eigenvalue weighted by Gasteiger charge is 2.43. The minimum atomic E-state index is -3.55. The lowest BCUT2D eigenvalue weighted by Crippen LogP contribution is -2.38. The Bertz CT molecular complexity index is 1070. The van der Waals surface area contributed by atoms with Crippen LogP contribution in [0.1, 0.15) is 17.3 Å². The summed E-state index contributed by atoms with van der Waals surface area (Å²) in [5, 5.41) is 0. The number of likely N-dealkylation sites (tertiary alicyclic amines) is 2. The number of alkyl halides is 1. The third-order valence-corrected chi connectivity index (χ3v) is 7.84. The normalized spacial score (nSPS) is 26.2. The van der Waals surface area contributed by atoms with E-state index in [1.54, 1.807) is 4.90 Å². The Balaban J connectivity index is 1.40. The van der Waals surface area contributed by atoms with Gasteiger partial charge in [0, 0.05) is 57.7 Å². The van der Waals surface area contributed by atoms with Gasteiger partial charge in [0.2, 0.25) is 22.2 Å². The van der Waals surface area contributed by atoms with Gasteiger partial charge in [0.15, 0.2) is 0 Å². The van der Waals surface area contributed by atoms with Crippen molar-refractivity contribution < 1.29 is 22.4 Å². The quantitative estimate of drug-likeness (QED) is 0.674. The molecule has 3 heterocycles. The Morgan fingerprint density at radius 1 is 1.06 bits per heavy atom. The smallest absolute Gasteiger partial charge is 0.289 e. The van der Waals surface area contributed by atoms with Crippen LogP contribution in [0.25, 0.3) is 0 Å². The zero-order valence-corrected chi connectivity index (χ0v) is 18.3. The van der Waals surface area contributed by atoms with Crippen molar-refractivity contribution in [2.24, 2.45) is 21.8 Å². The zero-order valence-electron chi connectivity index (χ0n) is 17.5. The predicted molar refractivity (Wildman–Crippen MR) is 112 cm³/mol. The molecule has 3 atom stereocenters. The number of rotatable bonds is 3. The van der Waals surface area contributed by atoms with Crippen LogP contribution in [-0.4, -0.2) is 92.5 Å². The lowest BCUT2D eigenvalue weighted by atomic mass is 10.0. The monoisotopic (exact) mass is 449 g/mol. The molecule has 3 unspecified atom stereocenters. The maximum atomic E-state index is 13.6. The lowest BCUT2D eigenvalue weighted by molar-refractivity contribution is -0.120. The number of halogens is 1. The van der Waals surface area contributed by atoms with Crippen LogP contribution in [0.3, 0.4) is 0 Å². The van der Waals surface area contributed by atoms with Crippen molar-refractivity contribution in [3.05, 3.63) is 29.8 Å². The van der Waals surface area contributed by atoms with Crippen LogP contribution in [-0.2, 0) is 14.8 Å². The second kappa shape index (κ2) is 7.79. The first-order valence-corrected chi connectivity index (χ1v) is 11.4. The number of benzene rings is 1. The van der Waals surface area contributed by atoms with Gasteiger partial charge >= 0.3 is 0 Å². The number of fused-ring (bicyclic) bond motifs is 1. The van der Waals surface area contributed by atoms with Crippen molar-refractivity contribution in [3.8, 4) is 0 Å². The van der Waals surface area contributed by atoms with Gasteiger partial charge in [-0.3, -0.25) is 9.59 Å². The van der Waals surface area contributed by atoms with Gasteiger partial charge in [-0.05, 0) is 31.2 Å². The topological polar surface area (TPSA) is 103 Å². The molecule has 31 heavy (non-hydrogen) atoms. The molecule has 0 aromatic heterocycles. The average molecular weight is 450 g/mol. The molecule has 2 amide bonds. The second-order valence-corrected chi connectivity index (χ2v) is 10.5. The fourth-order valence-electron chi connectivity index (χ4n) is 4.20. The standard InChI is InChI=1S/C20H24FN5O4S/c1-12-17(21)18(27)23-20(22-12)26-10-14-8-25(9-15(14)11-26)19(28)13-4-6-16(7-5-13)31(29,30)24(2)3/h4-7,14-15,17H,8-11H2,1-3H3. The molecule has 3 aliphatic heterocycles. The first kappa shape index (κ1) is 21.6. The molecule has 2 fully saturated rings. The summed E-state index contributed by atoms with van der Waals surface area (Å²) < 4.78 is 39.1. The molecule has 166 valence electrons. The SMILES string of the molecule is CC1=NC(N2CC3CN(C(=O)c4ccc(S(=O)(=O)N(C)C)cc4)CC3C2)=NC(=O)C1F. The summed E-state index contributed by atoms with van der Waals surface area (Å²) in [6, 6.07) is 5.95. The van der Waals surface area contributed by atoms with E-state index in [1.165, 1.54) is 45.3 Å². The number of hydrogen-bond acceptors (Lipinski definition) is 6. The molecule has 4 rings (SSSR count). The number of guanidine groups is 1. The minimum Gasteiger partial charge on any atom is -0.340 e. The third kappa shape index (κ3) is 3.87. The first-order chi connectivity index (χ1) is 14.6. The van der Waals surface area contributed by atoms with Gasteiger partial charge < -0.3 is 9.80 Å². The van der Waals surface area contributed by atoms with Crippen molar-refractivity contribution in [2.45, 2.75) is 18.0 Å². The zero-order chi connectivity index (χ0) is 22.5. The van der Waals surface area contributed by atoms with Crippen molar-refractivity contribution in [3.63, 3.8) is 0 Å². The molecular weight excluding hydrogens is 425 g/mol. The highest BCUT2D eigenvalue weighted by atomic mass is 32.2. The Kier molecular flexibility index (Phi) is 5.42. The van der Waals surface area contributed by atoms with Crippen LogP contribution in [0.15, 0.2) is 39.1 Å². The highest BCUT2D eigenvalue weighted by Crippen LogP contribution is 2.33. The average Bonchev–Trinajstić information content (AvgIpc) is 3.30. The van der Waals surface area contributed by atoms with Crippen molar-refractivity contribution >= 4 is 33.5 Å². The fraction of sp³-hybridized carbons (Fsp3) is 0.500. The van der Waals surface area contributed by atoms with E-state index in [0.717, 1.165) is 4.31 Å². The Labute approximate surface area is 180 Å². The van der Waals surface area contributed by atoms with Crippen LogP contribution < -0.4 is 0 Å². The van der Waals surface area contributed by atoms with Crippen molar-refractivity contribution in [1.82, 2.24) is 14.1 Å². The molecule has 0 radical (unpaired) electrons. The van der Waals surface area contributed by atoms with Crippen molar-refractivity contribution in [1.29, 1.82) is 0 Å². The molecule has 3 aliphatic rings. The van der Waals surface area contributed by atoms with E-state index >= 15 is 0 Å². The molecule has 0 spiro atoms. The van der Waals surface area contributed by atoms with E-state index in [-0.39, 0.29) is 34.3 Å². The molecule has 0 bridgehead atoms. The number of aliphatic imine (C=N–C) groups is 2. The second-order valence-electron chi connectivity index (χ2n) is 8.31. The minimum absolute atomic E-state index is 0.114. The van der Waals surface area contributed by atoms with E-state index in [9.17, 15) is 22.4 Å². The molecule has 0 saturated carbocycles. The van der Waals surface area contributed by atoms with Crippen LogP contribution >= 0.6 is 0 Å². The fourth-order valence-corrected chi connectivity index (χ4v) is 5.10. The van der Waals surface area contributed by atoms with Gasteiger partial charge in [-0.15, -0.1) is 0 Å². The van der Waals surface area contributed by atoms with Crippen molar-refractivity contribution in [2.75, 3.05) is 40.3 Å². The number of hydrogen-bond donors (Lipinski definition) is 0. The maximum absolute atomic E-state index is 13.6.